The summed E-state index contributed by atoms with van der Waals surface area (Å²) in [5, 5.41) is 2.99. The van der Waals surface area contributed by atoms with Crippen LogP contribution in [0.2, 0.25) is 0 Å². The number of fused-ring (bicyclic) bond motifs is 2. The van der Waals surface area contributed by atoms with Crippen molar-refractivity contribution in [2.75, 3.05) is 31.5 Å². The summed E-state index contributed by atoms with van der Waals surface area (Å²) in [7, 11) is 0. The maximum absolute atomic E-state index is 13.3. The molecule has 1 fully saturated rings. The predicted octanol–water partition coefficient (Wildman–Crippen LogP) is 4.93. The quantitative estimate of drug-likeness (QED) is 0.328. The average molecular weight is 543 g/mol. The third-order valence-corrected chi connectivity index (χ3v) is 7.23. The Morgan fingerprint density at radius 3 is 2.41 bits per heavy atom. The van der Waals surface area contributed by atoms with Crippen LogP contribution in [0.15, 0.2) is 97.3 Å². The van der Waals surface area contributed by atoms with Gasteiger partial charge in [0.2, 0.25) is 0 Å². The second-order valence-corrected chi connectivity index (χ2v) is 9.89. The highest BCUT2D eigenvalue weighted by molar-refractivity contribution is 5.94. The van der Waals surface area contributed by atoms with Crippen LogP contribution in [0.1, 0.15) is 10.5 Å². The summed E-state index contributed by atoms with van der Waals surface area (Å²) in [6.45, 7) is 1.69. The fraction of sp³-hybridized carbons (Fsp3) is 0.129. The van der Waals surface area contributed by atoms with E-state index < -0.39 is 0 Å². The molecular formula is C31H26N8O2. The van der Waals surface area contributed by atoms with Crippen LogP contribution in [0.4, 0.5) is 10.5 Å². The highest BCUT2D eigenvalue weighted by atomic mass is 16.2. The number of imidazole rings is 2. The van der Waals surface area contributed by atoms with E-state index in [9.17, 15) is 9.59 Å². The Labute approximate surface area is 235 Å². The van der Waals surface area contributed by atoms with E-state index in [1.165, 1.54) is 0 Å². The van der Waals surface area contributed by atoms with Crippen molar-refractivity contribution >= 4 is 34.3 Å². The first-order valence-corrected chi connectivity index (χ1v) is 13.4. The molecule has 7 rings (SSSR count). The second-order valence-electron chi connectivity index (χ2n) is 9.89. The molecule has 4 aromatic heterocycles. The number of piperazine rings is 1. The molecule has 3 amide bonds. The molecule has 0 radical (unpaired) electrons. The van der Waals surface area contributed by atoms with Gasteiger partial charge in [-0.05, 0) is 48.5 Å². The molecule has 5 heterocycles. The summed E-state index contributed by atoms with van der Waals surface area (Å²) < 4.78 is 1.96. The number of para-hydroxylation sites is 2. The van der Waals surface area contributed by atoms with Crippen molar-refractivity contribution in [3.05, 3.63) is 103 Å². The van der Waals surface area contributed by atoms with Gasteiger partial charge in [-0.3, -0.25) is 4.79 Å². The number of aromatic amines is 1. The normalized spacial score (nSPS) is 13.6. The number of aromatic nitrogens is 5. The van der Waals surface area contributed by atoms with Crippen LogP contribution >= 0.6 is 0 Å². The Morgan fingerprint density at radius 2 is 1.56 bits per heavy atom. The topological polar surface area (TPSA) is 112 Å². The van der Waals surface area contributed by atoms with Gasteiger partial charge in [-0.15, -0.1) is 0 Å². The van der Waals surface area contributed by atoms with E-state index in [-0.39, 0.29) is 11.9 Å². The Bertz CT molecular complexity index is 1840. The number of hydrogen-bond acceptors (Lipinski definition) is 5. The van der Waals surface area contributed by atoms with Crippen LogP contribution in [-0.4, -0.2) is 72.3 Å². The Balaban J connectivity index is 0.989. The van der Waals surface area contributed by atoms with Gasteiger partial charge in [-0.1, -0.05) is 36.4 Å². The first-order valence-electron chi connectivity index (χ1n) is 13.4. The van der Waals surface area contributed by atoms with Gasteiger partial charge in [0.25, 0.3) is 5.91 Å². The van der Waals surface area contributed by atoms with Gasteiger partial charge in [-0.2, -0.15) is 0 Å². The molecule has 0 aliphatic carbocycles. The molecule has 2 N–H and O–H groups in total. The van der Waals surface area contributed by atoms with E-state index >= 15 is 0 Å². The van der Waals surface area contributed by atoms with Crippen molar-refractivity contribution in [1.82, 2.24) is 34.1 Å². The number of carbonyl (C=O) groups excluding carboxylic acids is 2. The molecule has 0 bridgehead atoms. The number of urea groups is 1. The largest absolute Gasteiger partial charge is 0.337 e. The van der Waals surface area contributed by atoms with Crippen molar-refractivity contribution in [2.45, 2.75) is 0 Å². The number of H-pyrrole nitrogens is 1. The standard InChI is InChI=1S/C31H26N8O2/c40-30(26-12-6-11-25(33-26)29-35-23-9-1-2-10-24(23)36-29)37-15-17-38(18-16-37)31(41)32-22-8-5-7-21(19-22)27-20-39-14-4-3-13-28(39)34-27/h1-14,19-20H,15-18H2,(H,32,41)(H,35,36). The molecule has 6 aromatic rings. The van der Waals surface area contributed by atoms with Crippen LogP contribution in [0, 0.1) is 0 Å². The number of amides is 3. The van der Waals surface area contributed by atoms with Gasteiger partial charge < -0.3 is 24.5 Å². The number of hydrogen-bond donors (Lipinski definition) is 2. The third-order valence-electron chi connectivity index (χ3n) is 7.23. The van der Waals surface area contributed by atoms with Crippen LogP contribution in [-0.2, 0) is 0 Å². The minimum absolute atomic E-state index is 0.164. The summed E-state index contributed by atoms with van der Waals surface area (Å²) >= 11 is 0. The molecule has 1 saturated heterocycles. The monoisotopic (exact) mass is 542 g/mol. The Hall–Kier alpha value is -5.51. The first kappa shape index (κ1) is 24.5. The molecule has 0 saturated carbocycles. The Morgan fingerprint density at radius 1 is 0.756 bits per heavy atom. The lowest BCUT2D eigenvalue weighted by molar-refractivity contribution is 0.0666. The summed E-state index contributed by atoms with van der Waals surface area (Å²) in [6.07, 6.45) is 3.92. The summed E-state index contributed by atoms with van der Waals surface area (Å²) in [4.78, 5) is 46.9. The minimum Gasteiger partial charge on any atom is -0.337 e. The van der Waals surface area contributed by atoms with Crippen molar-refractivity contribution < 1.29 is 9.59 Å². The number of anilines is 1. The zero-order chi connectivity index (χ0) is 27.8. The van der Waals surface area contributed by atoms with Gasteiger partial charge in [0.05, 0.1) is 16.7 Å². The fourth-order valence-corrected chi connectivity index (χ4v) is 5.07. The molecule has 2 aromatic carbocycles. The van der Waals surface area contributed by atoms with Crippen molar-refractivity contribution in [1.29, 1.82) is 0 Å². The lowest BCUT2D eigenvalue weighted by Crippen LogP contribution is -2.51. The zero-order valence-electron chi connectivity index (χ0n) is 22.1. The molecule has 10 nitrogen and oxygen atoms in total. The smallest absolute Gasteiger partial charge is 0.321 e. The molecule has 0 spiro atoms. The molecule has 202 valence electrons. The van der Waals surface area contributed by atoms with Crippen LogP contribution in [0.3, 0.4) is 0 Å². The molecular weight excluding hydrogens is 516 g/mol. The third kappa shape index (κ3) is 4.87. The van der Waals surface area contributed by atoms with Gasteiger partial charge in [-0.25, -0.2) is 19.7 Å². The number of pyridine rings is 2. The molecule has 10 heteroatoms. The van der Waals surface area contributed by atoms with Crippen molar-refractivity contribution in [3.63, 3.8) is 0 Å². The second kappa shape index (κ2) is 10.2. The average Bonchev–Trinajstić information content (AvgIpc) is 3.66. The lowest BCUT2D eigenvalue weighted by atomic mass is 10.1. The van der Waals surface area contributed by atoms with Gasteiger partial charge in [0.1, 0.15) is 17.0 Å². The predicted molar refractivity (Wildman–Crippen MR) is 156 cm³/mol. The van der Waals surface area contributed by atoms with E-state index in [1.54, 1.807) is 15.9 Å². The molecule has 0 atom stereocenters. The summed E-state index contributed by atoms with van der Waals surface area (Å²) in [5.41, 5.74) is 6.02. The molecule has 0 unspecified atom stereocenters. The minimum atomic E-state index is -0.200. The summed E-state index contributed by atoms with van der Waals surface area (Å²) in [6, 6.07) is 26.4. The number of carbonyl (C=O) groups is 2. The van der Waals surface area contributed by atoms with Gasteiger partial charge >= 0.3 is 6.03 Å². The van der Waals surface area contributed by atoms with Crippen molar-refractivity contribution in [3.8, 4) is 22.8 Å². The van der Waals surface area contributed by atoms with Crippen LogP contribution in [0.5, 0.6) is 0 Å². The molecule has 1 aliphatic heterocycles. The number of nitrogens with one attached hydrogen (secondary N) is 2. The van der Waals surface area contributed by atoms with E-state index in [0.717, 1.165) is 27.9 Å². The van der Waals surface area contributed by atoms with E-state index in [1.807, 2.05) is 95.7 Å². The van der Waals surface area contributed by atoms with E-state index in [4.69, 9.17) is 0 Å². The van der Waals surface area contributed by atoms with E-state index in [0.29, 0.717) is 49.1 Å². The van der Waals surface area contributed by atoms with Crippen LogP contribution in [0.25, 0.3) is 39.5 Å². The summed E-state index contributed by atoms with van der Waals surface area (Å²) in [5.74, 6) is 0.454. The highest BCUT2D eigenvalue weighted by Crippen LogP contribution is 2.23. The Kier molecular flexibility index (Phi) is 6.12. The molecule has 41 heavy (non-hydrogen) atoms. The number of rotatable bonds is 4. The first-order chi connectivity index (χ1) is 20.1. The number of nitrogens with zero attached hydrogens (tertiary/aromatic N) is 6. The maximum Gasteiger partial charge on any atom is 0.321 e. The number of benzene rings is 2. The van der Waals surface area contributed by atoms with E-state index in [2.05, 4.69) is 25.3 Å². The highest BCUT2D eigenvalue weighted by Gasteiger charge is 2.26. The lowest BCUT2D eigenvalue weighted by Gasteiger charge is -2.34. The zero-order valence-corrected chi connectivity index (χ0v) is 22.1. The SMILES string of the molecule is O=C(Nc1cccc(-c2cn3ccccc3n2)c1)N1CCN(C(=O)c2cccc(-c3nc4ccccc4[nH]3)n2)CC1. The maximum atomic E-state index is 13.3. The van der Waals surface area contributed by atoms with Gasteiger partial charge in [0, 0.05) is 49.8 Å². The van der Waals surface area contributed by atoms with Gasteiger partial charge in [0.15, 0.2) is 5.82 Å². The molecule has 1 aliphatic rings. The fourth-order valence-electron chi connectivity index (χ4n) is 5.07. The van der Waals surface area contributed by atoms with Crippen molar-refractivity contribution in [2.24, 2.45) is 0 Å². The van der Waals surface area contributed by atoms with Crippen LogP contribution < -0.4 is 5.32 Å².